The molecule has 2 unspecified atom stereocenters. The molecule has 0 bridgehead atoms. The van der Waals surface area contributed by atoms with E-state index in [9.17, 15) is 18.0 Å². The number of hydrogen-bond acceptors (Lipinski definition) is 4. The molecule has 3 rings (SSSR count). The van der Waals surface area contributed by atoms with Crippen LogP contribution in [-0.4, -0.2) is 50.3 Å². The van der Waals surface area contributed by atoms with E-state index in [1.165, 1.54) is 9.21 Å². The standard InChI is InChI=1S/C32H41N3O4S/c1-6-25(4)33-32(37)26(5)34(22-21-27-13-9-8-10-14-27)31(36)23-35(30-16-12-11-15-28(30)7-2)40(38,39)29-19-17-24(3)18-20-29/h8-20,25-26H,6-7,21-23H2,1-5H3,(H,33,37). The highest BCUT2D eigenvalue weighted by Gasteiger charge is 2.33. The van der Waals surface area contributed by atoms with Gasteiger partial charge in [0.2, 0.25) is 11.8 Å². The largest absolute Gasteiger partial charge is 0.352 e. The van der Waals surface area contributed by atoms with Crippen LogP contribution in [0.1, 0.15) is 50.8 Å². The first kappa shape index (κ1) is 30.9. The number of aryl methyl sites for hydroxylation is 2. The Kier molecular flexibility index (Phi) is 10.9. The van der Waals surface area contributed by atoms with Crippen molar-refractivity contribution in [2.75, 3.05) is 17.4 Å². The van der Waals surface area contributed by atoms with E-state index in [0.29, 0.717) is 18.5 Å². The molecule has 7 nitrogen and oxygen atoms in total. The lowest BCUT2D eigenvalue weighted by molar-refractivity contribution is -0.139. The fourth-order valence-corrected chi connectivity index (χ4v) is 5.89. The molecule has 0 aliphatic heterocycles. The molecule has 8 heteroatoms. The second-order valence-corrected chi connectivity index (χ2v) is 12.0. The first-order valence-electron chi connectivity index (χ1n) is 13.9. The Morgan fingerprint density at radius 1 is 0.875 bits per heavy atom. The van der Waals surface area contributed by atoms with Crippen LogP contribution < -0.4 is 9.62 Å². The summed E-state index contributed by atoms with van der Waals surface area (Å²) in [7, 11) is -4.08. The number of hydrogen-bond donors (Lipinski definition) is 1. The van der Waals surface area contributed by atoms with E-state index in [0.717, 1.165) is 23.1 Å². The first-order chi connectivity index (χ1) is 19.1. The monoisotopic (exact) mass is 563 g/mol. The molecular formula is C32H41N3O4S. The lowest BCUT2D eigenvalue weighted by atomic mass is 10.1. The Morgan fingerprint density at radius 2 is 1.50 bits per heavy atom. The molecule has 1 N–H and O–H groups in total. The van der Waals surface area contributed by atoms with E-state index in [-0.39, 0.29) is 23.4 Å². The topological polar surface area (TPSA) is 86.8 Å². The Balaban J connectivity index is 2.01. The van der Waals surface area contributed by atoms with Crippen molar-refractivity contribution < 1.29 is 18.0 Å². The van der Waals surface area contributed by atoms with Crippen LogP contribution in [0.3, 0.4) is 0 Å². The van der Waals surface area contributed by atoms with Crippen LogP contribution in [0.4, 0.5) is 5.69 Å². The Morgan fingerprint density at radius 3 is 2.12 bits per heavy atom. The van der Waals surface area contributed by atoms with Gasteiger partial charge in [0, 0.05) is 12.6 Å². The molecule has 0 saturated heterocycles. The predicted octanol–water partition coefficient (Wildman–Crippen LogP) is 5.13. The molecule has 214 valence electrons. The third kappa shape index (κ3) is 7.72. The summed E-state index contributed by atoms with van der Waals surface area (Å²) in [4.78, 5) is 28.8. The maximum absolute atomic E-state index is 14.0. The molecule has 3 aromatic rings. The lowest BCUT2D eigenvalue weighted by Crippen LogP contribution is -2.53. The number of nitrogens with zero attached hydrogens (tertiary/aromatic N) is 2. The number of benzene rings is 3. The van der Waals surface area contributed by atoms with Gasteiger partial charge >= 0.3 is 0 Å². The van der Waals surface area contributed by atoms with Crippen LogP contribution in [0.15, 0.2) is 83.8 Å². The predicted molar refractivity (Wildman–Crippen MR) is 161 cm³/mol. The van der Waals surface area contributed by atoms with Gasteiger partial charge in [0.1, 0.15) is 12.6 Å². The molecule has 0 fully saturated rings. The Labute approximate surface area is 239 Å². The van der Waals surface area contributed by atoms with Gasteiger partial charge in [0.05, 0.1) is 10.6 Å². The van der Waals surface area contributed by atoms with Gasteiger partial charge in [0.15, 0.2) is 0 Å². The Bertz CT molecular complexity index is 1370. The fourth-order valence-electron chi connectivity index (χ4n) is 4.44. The van der Waals surface area contributed by atoms with Crippen molar-refractivity contribution in [3.8, 4) is 0 Å². The highest BCUT2D eigenvalue weighted by molar-refractivity contribution is 7.92. The molecule has 0 aliphatic carbocycles. The zero-order chi connectivity index (χ0) is 29.3. The van der Waals surface area contributed by atoms with Crippen molar-refractivity contribution in [2.24, 2.45) is 0 Å². The van der Waals surface area contributed by atoms with Gasteiger partial charge in [-0.25, -0.2) is 8.42 Å². The molecule has 2 amide bonds. The molecule has 3 aromatic carbocycles. The zero-order valence-electron chi connectivity index (χ0n) is 24.1. The summed E-state index contributed by atoms with van der Waals surface area (Å²) >= 11 is 0. The molecule has 0 spiro atoms. The third-order valence-corrected chi connectivity index (χ3v) is 8.96. The lowest BCUT2D eigenvalue weighted by Gasteiger charge is -2.33. The fraction of sp³-hybridized carbons (Fsp3) is 0.375. The van der Waals surface area contributed by atoms with Gasteiger partial charge in [0.25, 0.3) is 10.0 Å². The van der Waals surface area contributed by atoms with Crippen molar-refractivity contribution in [2.45, 2.75) is 70.9 Å². The van der Waals surface area contributed by atoms with Crippen molar-refractivity contribution in [1.82, 2.24) is 10.2 Å². The minimum absolute atomic E-state index is 0.0455. The highest BCUT2D eigenvalue weighted by Crippen LogP contribution is 2.28. The third-order valence-electron chi connectivity index (χ3n) is 7.18. The number of para-hydroxylation sites is 1. The van der Waals surface area contributed by atoms with Crippen LogP contribution in [0.5, 0.6) is 0 Å². The number of sulfonamides is 1. The second kappa shape index (κ2) is 14.1. The number of rotatable bonds is 13. The SMILES string of the molecule is CCc1ccccc1N(CC(=O)N(CCc1ccccc1)C(C)C(=O)NC(C)CC)S(=O)(=O)c1ccc(C)cc1. The van der Waals surface area contributed by atoms with Gasteiger partial charge in [-0.2, -0.15) is 0 Å². The normalized spacial score (nSPS) is 12.8. The van der Waals surface area contributed by atoms with Gasteiger partial charge in [-0.15, -0.1) is 0 Å². The van der Waals surface area contributed by atoms with Gasteiger partial charge in [-0.1, -0.05) is 80.1 Å². The van der Waals surface area contributed by atoms with E-state index in [1.807, 2.05) is 70.2 Å². The smallest absolute Gasteiger partial charge is 0.264 e. The summed E-state index contributed by atoms with van der Waals surface area (Å²) in [6, 6.07) is 22.7. The van der Waals surface area contributed by atoms with E-state index >= 15 is 0 Å². The van der Waals surface area contributed by atoms with Crippen LogP contribution in [0.2, 0.25) is 0 Å². The molecule has 0 aliphatic rings. The minimum atomic E-state index is -4.08. The molecular weight excluding hydrogens is 522 g/mol. The van der Waals surface area contributed by atoms with Gasteiger partial charge in [-0.05, 0) is 69.4 Å². The number of carbonyl (C=O) groups excluding carboxylic acids is 2. The van der Waals surface area contributed by atoms with Crippen LogP contribution in [-0.2, 0) is 32.5 Å². The van der Waals surface area contributed by atoms with E-state index in [2.05, 4.69) is 5.32 Å². The molecule has 40 heavy (non-hydrogen) atoms. The maximum atomic E-state index is 14.0. The van der Waals surface area contributed by atoms with E-state index in [1.54, 1.807) is 43.3 Å². The average molecular weight is 564 g/mol. The van der Waals surface area contributed by atoms with Crippen molar-refractivity contribution in [3.05, 3.63) is 95.6 Å². The maximum Gasteiger partial charge on any atom is 0.264 e. The number of anilines is 1. The molecule has 2 atom stereocenters. The van der Waals surface area contributed by atoms with Crippen LogP contribution >= 0.6 is 0 Å². The van der Waals surface area contributed by atoms with Crippen molar-refractivity contribution in [1.29, 1.82) is 0 Å². The number of carbonyl (C=O) groups is 2. The quantitative estimate of drug-likeness (QED) is 0.313. The summed E-state index contributed by atoms with van der Waals surface area (Å²) in [6.45, 7) is 9.27. The summed E-state index contributed by atoms with van der Waals surface area (Å²) in [5.41, 5.74) is 3.22. The van der Waals surface area contributed by atoms with Crippen LogP contribution in [0, 0.1) is 6.92 Å². The average Bonchev–Trinajstić information content (AvgIpc) is 2.96. The first-order valence-corrected chi connectivity index (χ1v) is 15.3. The summed E-state index contributed by atoms with van der Waals surface area (Å²) in [6.07, 6.45) is 1.88. The van der Waals surface area contributed by atoms with Gasteiger partial charge < -0.3 is 10.2 Å². The Hall–Kier alpha value is -3.65. The number of nitrogens with one attached hydrogen (secondary N) is 1. The number of amides is 2. The molecule has 0 radical (unpaired) electrons. The van der Waals surface area contributed by atoms with E-state index in [4.69, 9.17) is 0 Å². The summed E-state index contributed by atoms with van der Waals surface area (Å²) < 4.78 is 29.2. The zero-order valence-corrected chi connectivity index (χ0v) is 24.9. The van der Waals surface area contributed by atoms with Crippen molar-refractivity contribution in [3.63, 3.8) is 0 Å². The minimum Gasteiger partial charge on any atom is -0.352 e. The molecule has 0 saturated carbocycles. The summed E-state index contributed by atoms with van der Waals surface area (Å²) in [5, 5.41) is 2.96. The van der Waals surface area contributed by atoms with Crippen molar-refractivity contribution >= 4 is 27.5 Å². The van der Waals surface area contributed by atoms with Crippen LogP contribution in [0.25, 0.3) is 0 Å². The van der Waals surface area contributed by atoms with Gasteiger partial charge in [-0.3, -0.25) is 13.9 Å². The molecule has 0 aromatic heterocycles. The summed E-state index contributed by atoms with van der Waals surface area (Å²) in [5.74, 6) is -0.706. The second-order valence-electron chi connectivity index (χ2n) is 10.1. The highest BCUT2D eigenvalue weighted by atomic mass is 32.2. The van der Waals surface area contributed by atoms with E-state index < -0.39 is 28.5 Å². The molecule has 0 heterocycles.